The molecule has 1 heteroatoms. The predicted octanol–water partition coefficient (Wildman–Crippen LogP) is 4.29. The minimum atomic E-state index is 0.297. The molecule has 0 spiro atoms. The van der Waals surface area contributed by atoms with Crippen molar-refractivity contribution in [2.75, 3.05) is 0 Å². The van der Waals surface area contributed by atoms with E-state index in [1.54, 1.807) is 0 Å². The second kappa shape index (κ2) is 4.16. The van der Waals surface area contributed by atoms with Gasteiger partial charge in [-0.3, -0.25) is 0 Å². The number of rotatable bonds is 1. The number of aryl methyl sites for hydroxylation is 2. The van der Waals surface area contributed by atoms with Crippen molar-refractivity contribution in [2.24, 2.45) is 0 Å². The summed E-state index contributed by atoms with van der Waals surface area (Å²) in [4.78, 5) is 0. The molecule has 1 atom stereocenters. The summed E-state index contributed by atoms with van der Waals surface area (Å²) in [5.41, 5.74) is 6.52. The molecule has 92 valence electrons. The molecule has 0 radical (unpaired) electrons. The fourth-order valence-electron chi connectivity index (χ4n) is 2.87. The predicted molar refractivity (Wildman–Crippen MR) is 75.1 cm³/mol. The maximum atomic E-state index is 6.00. The maximum Gasteiger partial charge on any atom is 0.130 e. The number of fused-ring (bicyclic) bond motifs is 1. The van der Waals surface area contributed by atoms with E-state index in [4.69, 9.17) is 4.74 Å². The van der Waals surface area contributed by atoms with E-state index in [1.807, 2.05) is 0 Å². The molecule has 0 amide bonds. The topological polar surface area (TPSA) is 9.23 Å². The largest absolute Gasteiger partial charge is 0.489 e. The third kappa shape index (κ3) is 1.71. The van der Waals surface area contributed by atoms with Crippen LogP contribution in [0.25, 0.3) is 11.1 Å². The normalized spacial score (nSPS) is 17.4. The molecular weight excluding hydrogens is 220 g/mol. The first-order chi connectivity index (χ1) is 8.66. The van der Waals surface area contributed by atoms with Crippen LogP contribution in [0.2, 0.25) is 0 Å². The summed E-state index contributed by atoms with van der Waals surface area (Å²) < 4.78 is 6.00. The molecule has 0 bridgehead atoms. The van der Waals surface area contributed by atoms with Gasteiger partial charge in [0.2, 0.25) is 0 Å². The number of ether oxygens (including phenoxy) is 1. The highest BCUT2D eigenvalue weighted by Crippen LogP contribution is 2.40. The van der Waals surface area contributed by atoms with E-state index in [0.29, 0.717) is 6.10 Å². The van der Waals surface area contributed by atoms with Crippen molar-refractivity contribution in [1.29, 1.82) is 0 Å². The minimum absolute atomic E-state index is 0.297. The molecule has 0 N–H and O–H groups in total. The zero-order valence-electron chi connectivity index (χ0n) is 11.2. The van der Waals surface area contributed by atoms with Gasteiger partial charge in [0.1, 0.15) is 11.9 Å². The lowest BCUT2D eigenvalue weighted by atomic mass is 9.93. The Kier molecular flexibility index (Phi) is 2.62. The van der Waals surface area contributed by atoms with Crippen LogP contribution in [0.1, 0.15) is 23.6 Å². The molecule has 1 aliphatic rings. The zero-order valence-corrected chi connectivity index (χ0v) is 11.2. The first kappa shape index (κ1) is 11.3. The van der Waals surface area contributed by atoms with E-state index in [9.17, 15) is 0 Å². The molecule has 1 aliphatic heterocycles. The summed E-state index contributed by atoms with van der Waals surface area (Å²) in [6.45, 7) is 6.47. The third-order valence-electron chi connectivity index (χ3n) is 3.67. The van der Waals surface area contributed by atoms with Gasteiger partial charge in [0.15, 0.2) is 0 Å². The minimum Gasteiger partial charge on any atom is -0.489 e. The van der Waals surface area contributed by atoms with Crippen molar-refractivity contribution in [3.63, 3.8) is 0 Å². The van der Waals surface area contributed by atoms with Crippen molar-refractivity contribution in [3.05, 3.63) is 53.1 Å². The smallest absolute Gasteiger partial charge is 0.130 e. The number of hydrogen-bond acceptors (Lipinski definition) is 1. The number of benzene rings is 2. The van der Waals surface area contributed by atoms with Gasteiger partial charge in [-0.05, 0) is 43.0 Å². The molecule has 0 saturated heterocycles. The van der Waals surface area contributed by atoms with Crippen LogP contribution in [0.3, 0.4) is 0 Å². The Balaban J connectivity index is 2.23. The Hall–Kier alpha value is -1.76. The number of para-hydroxylation sites is 1. The first-order valence-corrected chi connectivity index (χ1v) is 6.52. The molecule has 0 fully saturated rings. The van der Waals surface area contributed by atoms with Crippen LogP contribution in [-0.2, 0) is 6.42 Å². The summed E-state index contributed by atoms with van der Waals surface area (Å²) in [6, 6.07) is 12.9. The molecule has 1 unspecified atom stereocenters. The molecule has 1 heterocycles. The van der Waals surface area contributed by atoms with Gasteiger partial charge < -0.3 is 4.74 Å². The molecule has 3 rings (SSSR count). The quantitative estimate of drug-likeness (QED) is 0.720. The van der Waals surface area contributed by atoms with E-state index in [2.05, 4.69) is 57.2 Å². The van der Waals surface area contributed by atoms with Crippen LogP contribution < -0.4 is 4.74 Å². The average molecular weight is 238 g/mol. The highest BCUT2D eigenvalue weighted by Gasteiger charge is 2.23. The molecular formula is C17H18O. The van der Waals surface area contributed by atoms with Gasteiger partial charge in [0, 0.05) is 12.0 Å². The van der Waals surface area contributed by atoms with E-state index < -0.39 is 0 Å². The van der Waals surface area contributed by atoms with Gasteiger partial charge in [-0.1, -0.05) is 36.4 Å². The Morgan fingerprint density at radius 3 is 2.39 bits per heavy atom. The second-order valence-corrected chi connectivity index (χ2v) is 5.19. The van der Waals surface area contributed by atoms with Crippen LogP contribution in [0.15, 0.2) is 36.4 Å². The third-order valence-corrected chi connectivity index (χ3v) is 3.67. The lowest BCUT2D eigenvalue weighted by Crippen LogP contribution is -2.05. The van der Waals surface area contributed by atoms with E-state index >= 15 is 0 Å². The van der Waals surface area contributed by atoms with Crippen molar-refractivity contribution >= 4 is 0 Å². The average Bonchev–Trinajstić information content (AvgIpc) is 2.70. The van der Waals surface area contributed by atoms with Crippen molar-refractivity contribution in [2.45, 2.75) is 33.3 Å². The summed E-state index contributed by atoms with van der Waals surface area (Å²) in [5, 5.41) is 0. The van der Waals surface area contributed by atoms with E-state index in [1.165, 1.54) is 27.8 Å². The Morgan fingerprint density at radius 2 is 1.67 bits per heavy atom. The van der Waals surface area contributed by atoms with E-state index in [0.717, 1.165) is 12.2 Å². The Labute approximate surface area is 108 Å². The molecule has 1 nitrogen and oxygen atoms in total. The summed E-state index contributed by atoms with van der Waals surface area (Å²) in [7, 11) is 0. The van der Waals surface area contributed by atoms with Crippen LogP contribution in [0.4, 0.5) is 0 Å². The highest BCUT2D eigenvalue weighted by atomic mass is 16.5. The van der Waals surface area contributed by atoms with E-state index in [-0.39, 0.29) is 0 Å². The molecule has 0 aliphatic carbocycles. The Bertz CT molecular complexity index is 578. The molecule has 0 saturated carbocycles. The standard InChI is InChI=1S/C17H18O/c1-11-6-4-7-12(2)16(11)15-9-5-8-14-10-13(3)18-17(14)15/h4-9,13H,10H2,1-3H3. The van der Waals surface area contributed by atoms with Gasteiger partial charge >= 0.3 is 0 Å². The van der Waals surface area contributed by atoms with Crippen LogP contribution in [0, 0.1) is 13.8 Å². The fraction of sp³-hybridized carbons (Fsp3) is 0.294. The van der Waals surface area contributed by atoms with Gasteiger partial charge in [-0.2, -0.15) is 0 Å². The fourth-order valence-corrected chi connectivity index (χ4v) is 2.87. The van der Waals surface area contributed by atoms with Crippen molar-refractivity contribution in [3.8, 4) is 16.9 Å². The van der Waals surface area contributed by atoms with Crippen molar-refractivity contribution < 1.29 is 4.74 Å². The van der Waals surface area contributed by atoms with Crippen LogP contribution >= 0.6 is 0 Å². The Morgan fingerprint density at radius 1 is 1.00 bits per heavy atom. The zero-order chi connectivity index (χ0) is 12.7. The molecule has 18 heavy (non-hydrogen) atoms. The first-order valence-electron chi connectivity index (χ1n) is 6.52. The van der Waals surface area contributed by atoms with Gasteiger partial charge in [-0.25, -0.2) is 0 Å². The molecule has 2 aromatic carbocycles. The summed E-state index contributed by atoms with van der Waals surface area (Å²) in [6.07, 6.45) is 1.32. The van der Waals surface area contributed by atoms with Crippen molar-refractivity contribution in [1.82, 2.24) is 0 Å². The summed E-state index contributed by atoms with van der Waals surface area (Å²) >= 11 is 0. The number of hydrogen-bond donors (Lipinski definition) is 0. The second-order valence-electron chi connectivity index (χ2n) is 5.19. The molecule has 0 aromatic heterocycles. The van der Waals surface area contributed by atoms with Gasteiger partial charge in [0.05, 0.1) is 0 Å². The highest BCUT2D eigenvalue weighted by molar-refractivity contribution is 5.77. The van der Waals surface area contributed by atoms with Gasteiger partial charge in [-0.15, -0.1) is 0 Å². The monoisotopic (exact) mass is 238 g/mol. The van der Waals surface area contributed by atoms with Gasteiger partial charge in [0.25, 0.3) is 0 Å². The lowest BCUT2D eigenvalue weighted by Gasteiger charge is -2.14. The lowest BCUT2D eigenvalue weighted by molar-refractivity contribution is 0.255. The molecule has 2 aromatic rings. The van der Waals surface area contributed by atoms with Crippen LogP contribution in [0.5, 0.6) is 5.75 Å². The van der Waals surface area contributed by atoms with Crippen LogP contribution in [-0.4, -0.2) is 6.10 Å². The summed E-state index contributed by atoms with van der Waals surface area (Å²) in [5.74, 6) is 1.09. The SMILES string of the molecule is Cc1cccc(C)c1-c1cccc2c1OC(C)C2. The maximum absolute atomic E-state index is 6.00.